The van der Waals surface area contributed by atoms with Crippen molar-refractivity contribution in [1.82, 2.24) is 10.9 Å². The molecule has 0 atom stereocenters. The van der Waals surface area contributed by atoms with Crippen LogP contribution in [0, 0.1) is 6.92 Å². The van der Waals surface area contributed by atoms with Crippen molar-refractivity contribution in [3.8, 4) is 11.5 Å². The minimum Gasteiger partial charge on any atom is -0.484 e. The number of benzene rings is 2. The number of halogens is 1. The zero-order valence-electron chi connectivity index (χ0n) is 14.7. The van der Waals surface area contributed by atoms with Gasteiger partial charge in [0.05, 0.1) is 0 Å². The van der Waals surface area contributed by atoms with Crippen LogP contribution in [0.25, 0.3) is 0 Å². The molecule has 7 heteroatoms. The Hall–Kier alpha value is -2.54. The van der Waals surface area contributed by atoms with Gasteiger partial charge in [-0.1, -0.05) is 35.0 Å². The van der Waals surface area contributed by atoms with E-state index in [1.165, 1.54) is 0 Å². The summed E-state index contributed by atoms with van der Waals surface area (Å²) in [5, 5.41) is 0. The second kappa shape index (κ2) is 9.82. The number of carbonyl (C=O) groups is 2. The van der Waals surface area contributed by atoms with E-state index in [4.69, 9.17) is 9.47 Å². The maximum absolute atomic E-state index is 11.7. The van der Waals surface area contributed by atoms with Gasteiger partial charge in [0.1, 0.15) is 11.5 Å². The van der Waals surface area contributed by atoms with Gasteiger partial charge in [0, 0.05) is 4.47 Å². The fraction of sp³-hybridized carbons (Fsp3) is 0.263. The van der Waals surface area contributed by atoms with E-state index < -0.39 is 11.8 Å². The Kier molecular flexibility index (Phi) is 7.47. The predicted molar refractivity (Wildman–Crippen MR) is 102 cm³/mol. The van der Waals surface area contributed by atoms with Crippen LogP contribution in [0.5, 0.6) is 11.5 Å². The van der Waals surface area contributed by atoms with Crippen LogP contribution >= 0.6 is 15.9 Å². The summed E-state index contributed by atoms with van der Waals surface area (Å²) >= 11 is 3.40. The van der Waals surface area contributed by atoms with Crippen LogP contribution in [0.3, 0.4) is 0 Å². The molecule has 2 rings (SSSR count). The summed E-state index contributed by atoms with van der Waals surface area (Å²) in [5.74, 6) is 0.262. The zero-order chi connectivity index (χ0) is 18.9. The van der Waals surface area contributed by atoms with Crippen LogP contribution in [0.1, 0.15) is 18.1 Å². The molecule has 0 heterocycles. The standard InChI is InChI=1S/C19H21BrN2O4/c1-3-14-5-4-6-15(10-14)25-11-18(23)21-22-19(24)12-26-16-7-8-17(20)13(2)9-16/h4-10H,3,11-12H2,1-2H3,(H,21,23)(H,22,24). The van der Waals surface area contributed by atoms with Gasteiger partial charge in [-0.2, -0.15) is 0 Å². The monoisotopic (exact) mass is 420 g/mol. The number of hydrogen-bond donors (Lipinski definition) is 2. The van der Waals surface area contributed by atoms with Gasteiger partial charge in [-0.3, -0.25) is 20.4 Å². The first-order valence-electron chi connectivity index (χ1n) is 8.16. The SMILES string of the molecule is CCc1cccc(OCC(=O)NNC(=O)COc2ccc(Br)c(C)c2)c1. The highest BCUT2D eigenvalue weighted by molar-refractivity contribution is 9.10. The van der Waals surface area contributed by atoms with E-state index in [1.807, 2.05) is 44.2 Å². The highest BCUT2D eigenvalue weighted by Gasteiger charge is 2.07. The van der Waals surface area contributed by atoms with E-state index in [-0.39, 0.29) is 13.2 Å². The Balaban J connectivity index is 1.69. The molecule has 0 unspecified atom stereocenters. The van der Waals surface area contributed by atoms with Crippen molar-refractivity contribution < 1.29 is 19.1 Å². The second-order valence-electron chi connectivity index (χ2n) is 5.59. The lowest BCUT2D eigenvalue weighted by Gasteiger charge is -2.10. The van der Waals surface area contributed by atoms with Gasteiger partial charge in [-0.05, 0) is 54.8 Å². The van der Waals surface area contributed by atoms with E-state index in [1.54, 1.807) is 12.1 Å². The fourth-order valence-electron chi connectivity index (χ4n) is 2.07. The molecule has 0 spiro atoms. The summed E-state index contributed by atoms with van der Waals surface area (Å²) in [6.07, 6.45) is 0.886. The maximum atomic E-state index is 11.7. The Labute approximate surface area is 161 Å². The number of ether oxygens (including phenoxy) is 2. The molecule has 0 saturated heterocycles. The van der Waals surface area contributed by atoms with E-state index in [0.29, 0.717) is 11.5 Å². The van der Waals surface area contributed by atoms with Gasteiger partial charge in [-0.15, -0.1) is 0 Å². The number of nitrogens with one attached hydrogen (secondary N) is 2. The summed E-state index contributed by atoms with van der Waals surface area (Å²) in [6.45, 7) is 3.56. The average Bonchev–Trinajstić information content (AvgIpc) is 2.65. The molecule has 0 radical (unpaired) electrons. The van der Waals surface area contributed by atoms with Crippen molar-refractivity contribution >= 4 is 27.7 Å². The Morgan fingerprint density at radius 2 is 1.58 bits per heavy atom. The summed E-state index contributed by atoms with van der Waals surface area (Å²) in [4.78, 5) is 23.5. The summed E-state index contributed by atoms with van der Waals surface area (Å²) < 4.78 is 11.7. The van der Waals surface area contributed by atoms with Gasteiger partial charge >= 0.3 is 0 Å². The largest absolute Gasteiger partial charge is 0.484 e. The average molecular weight is 421 g/mol. The molecule has 0 aliphatic rings. The predicted octanol–water partition coefficient (Wildman–Crippen LogP) is 2.93. The van der Waals surface area contributed by atoms with Crippen molar-refractivity contribution in [2.45, 2.75) is 20.3 Å². The molecule has 2 amide bonds. The van der Waals surface area contributed by atoms with E-state index in [9.17, 15) is 9.59 Å². The van der Waals surface area contributed by atoms with Gasteiger partial charge in [-0.25, -0.2) is 0 Å². The Morgan fingerprint density at radius 1 is 0.962 bits per heavy atom. The molecule has 2 aromatic carbocycles. The zero-order valence-corrected chi connectivity index (χ0v) is 16.3. The molecular formula is C19H21BrN2O4. The van der Waals surface area contributed by atoms with E-state index >= 15 is 0 Å². The van der Waals surface area contributed by atoms with Crippen LogP contribution in [-0.4, -0.2) is 25.0 Å². The molecule has 2 aromatic rings. The molecule has 0 aromatic heterocycles. The smallest absolute Gasteiger partial charge is 0.276 e. The highest BCUT2D eigenvalue weighted by Crippen LogP contribution is 2.21. The Morgan fingerprint density at radius 3 is 2.15 bits per heavy atom. The molecule has 0 saturated carbocycles. The molecule has 0 fully saturated rings. The highest BCUT2D eigenvalue weighted by atomic mass is 79.9. The van der Waals surface area contributed by atoms with Crippen LogP contribution in [-0.2, 0) is 16.0 Å². The van der Waals surface area contributed by atoms with Crippen LogP contribution in [0.2, 0.25) is 0 Å². The number of aryl methyl sites for hydroxylation is 2. The first-order chi connectivity index (χ1) is 12.5. The first kappa shape index (κ1) is 19.8. The Bertz CT molecular complexity index is 780. The molecule has 6 nitrogen and oxygen atoms in total. The molecule has 0 bridgehead atoms. The number of amides is 2. The third kappa shape index (κ3) is 6.40. The molecular weight excluding hydrogens is 400 g/mol. The molecule has 26 heavy (non-hydrogen) atoms. The van der Waals surface area contributed by atoms with Gasteiger partial charge < -0.3 is 9.47 Å². The van der Waals surface area contributed by atoms with Crippen molar-refractivity contribution in [3.05, 3.63) is 58.1 Å². The van der Waals surface area contributed by atoms with Gasteiger partial charge in [0.15, 0.2) is 13.2 Å². The topological polar surface area (TPSA) is 76.7 Å². The van der Waals surface area contributed by atoms with Gasteiger partial charge in [0.25, 0.3) is 11.8 Å². The molecule has 0 aliphatic heterocycles. The van der Waals surface area contributed by atoms with Crippen LogP contribution in [0.15, 0.2) is 46.9 Å². The summed E-state index contributed by atoms with van der Waals surface area (Å²) in [6, 6.07) is 12.9. The lowest BCUT2D eigenvalue weighted by Crippen LogP contribution is -2.45. The number of hydrazine groups is 1. The minimum atomic E-state index is -0.466. The van der Waals surface area contributed by atoms with E-state index in [0.717, 1.165) is 22.0 Å². The van der Waals surface area contributed by atoms with Crippen LogP contribution in [0.4, 0.5) is 0 Å². The fourth-order valence-corrected chi connectivity index (χ4v) is 2.32. The number of hydrogen-bond acceptors (Lipinski definition) is 4. The summed E-state index contributed by atoms with van der Waals surface area (Å²) in [7, 11) is 0. The van der Waals surface area contributed by atoms with Crippen molar-refractivity contribution in [1.29, 1.82) is 0 Å². The molecule has 2 N–H and O–H groups in total. The van der Waals surface area contributed by atoms with Crippen molar-refractivity contribution in [2.75, 3.05) is 13.2 Å². The lowest BCUT2D eigenvalue weighted by atomic mass is 10.2. The minimum absolute atomic E-state index is 0.194. The maximum Gasteiger partial charge on any atom is 0.276 e. The number of rotatable bonds is 7. The van der Waals surface area contributed by atoms with Gasteiger partial charge in [0.2, 0.25) is 0 Å². The van der Waals surface area contributed by atoms with Crippen LogP contribution < -0.4 is 20.3 Å². The lowest BCUT2D eigenvalue weighted by molar-refractivity contribution is -0.131. The second-order valence-corrected chi connectivity index (χ2v) is 6.44. The van der Waals surface area contributed by atoms with E-state index in [2.05, 4.69) is 26.8 Å². The third-order valence-electron chi connectivity index (χ3n) is 3.52. The quantitative estimate of drug-likeness (QED) is 0.675. The van der Waals surface area contributed by atoms with Crippen molar-refractivity contribution in [2.24, 2.45) is 0 Å². The normalized spacial score (nSPS) is 10.1. The number of carbonyl (C=O) groups excluding carboxylic acids is 2. The molecule has 0 aliphatic carbocycles. The van der Waals surface area contributed by atoms with Crippen molar-refractivity contribution in [3.63, 3.8) is 0 Å². The first-order valence-corrected chi connectivity index (χ1v) is 8.95. The third-order valence-corrected chi connectivity index (χ3v) is 4.41. The summed E-state index contributed by atoms with van der Waals surface area (Å²) in [5.41, 5.74) is 6.69. The molecule has 138 valence electrons.